The molecule has 1 aliphatic carbocycles. The summed E-state index contributed by atoms with van der Waals surface area (Å²) >= 11 is 0. The number of fused-ring (bicyclic) bond motifs is 1. The molecule has 7 heteroatoms. The zero-order valence-electron chi connectivity index (χ0n) is 19.1. The minimum Gasteiger partial charge on any atom is -0.399 e. The Bertz CT molecular complexity index is 922. The molecule has 2 aromatic rings. The second-order valence-corrected chi connectivity index (χ2v) is 7.57. The number of aryl methyl sites for hydroxylation is 2. The van der Waals surface area contributed by atoms with Crippen LogP contribution in [0.4, 0.5) is 5.69 Å². The van der Waals surface area contributed by atoms with Gasteiger partial charge in [-0.2, -0.15) is 0 Å². The lowest BCUT2D eigenvalue weighted by atomic mass is 9.94. The van der Waals surface area contributed by atoms with Gasteiger partial charge in [-0.05, 0) is 76.6 Å². The van der Waals surface area contributed by atoms with Crippen LogP contribution in [0.15, 0.2) is 40.8 Å². The lowest BCUT2D eigenvalue weighted by molar-refractivity contribution is 0.141. The van der Waals surface area contributed by atoms with E-state index in [2.05, 4.69) is 52.2 Å². The molecule has 0 atom stereocenters. The van der Waals surface area contributed by atoms with Gasteiger partial charge in [-0.1, -0.05) is 16.4 Å². The maximum Gasteiger partial charge on any atom is 0.117 e. The highest BCUT2D eigenvalue weighted by molar-refractivity contribution is 6.00. The summed E-state index contributed by atoms with van der Waals surface area (Å²) in [4.78, 5) is 22.1. The molecule has 0 aliphatic heterocycles. The summed E-state index contributed by atoms with van der Waals surface area (Å²) in [5, 5.41) is 8.42. The molecule has 0 spiro atoms. The average Bonchev–Trinajstić information content (AvgIpc) is 2.80. The third kappa shape index (κ3) is 6.03. The number of pyridine rings is 2. The van der Waals surface area contributed by atoms with Gasteiger partial charge in [0.25, 0.3) is 0 Å². The van der Waals surface area contributed by atoms with Crippen molar-refractivity contribution in [1.82, 2.24) is 9.97 Å². The molecule has 0 fully saturated rings. The number of hydrogen-bond donors (Lipinski definition) is 0. The normalized spacial score (nSPS) is 15.0. The van der Waals surface area contributed by atoms with Gasteiger partial charge in [0.05, 0.1) is 11.4 Å². The van der Waals surface area contributed by atoms with Crippen molar-refractivity contribution in [1.29, 1.82) is 0 Å². The van der Waals surface area contributed by atoms with Crippen molar-refractivity contribution in [3.8, 4) is 0 Å². The van der Waals surface area contributed by atoms with Gasteiger partial charge in [-0.3, -0.25) is 9.97 Å². The maximum absolute atomic E-state index is 5.56. The summed E-state index contributed by atoms with van der Waals surface area (Å²) in [5.74, 6) is 0. The van der Waals surface area contributed by atoms with Gasteiger partial charge in [0, 0.05) is 30.7 Å². The average molecular weight is 424 g/mol. The summed E-state index contributed by atoms with van der Waals surface area (Å²) < 4.78 is 0. The minimum atomic E-state index is 0.533. The molecule has 0 saturated heterocycles. The number of oxime groups is 2. The monoisotopic (exact) mass is 423 g/mol. The van der Waals surface area contributed by atoms with E-state index in [1.165, 1.54) is 5.56 Å². The minimum absolute atomic E-state index is 0.533. The summed E-state index contributed by atoms with van der Waals surface area (Å²) in [5.41, 5.74) is 7.00. The molecule has 0 N–H and O–H groups in total. The number of aromatic nitrogens is 2. The van der Waals surface area contributed by atoms with E-state index >= 15 is 0 Å². The van der Waals surface area contributed by atoms with Crippen molar-refractivity contribution in [3.05, 3.63) is 53.1 Å². The summed E-state index contributed by atoms with van der Waals surface area (Å²) in [7, 11) is 1.58. The van der Waals surface area contributed by atoms with E-state index in [0.29, 0.717) is 6.61 Å². The Hall–Kier alpha value is -2.96. The highest BCUT2D eigenvalue weighted by atomic mass is 16.6. The van der Waals surface area contributed by atoms with Gasteiger partial charge in [-0.25, -0.2) is 0 Å². The first-order chi connectivity index (χ1) is 15.2. The van der Waals surface area contributed by atoms with Crippen LogP contribution in [0.5, 0.6) is 0 Å². The predicted octanol–water partition coefficient (Wildman–Crippen LogP) is 4.38. The second-order valence-electron chi connectivity index (χ2n) is 7.57. The Labute approximate surface area is 185 Å². The molecule has 7 nitrogen and oxygen atoms in total. The molecule has 2 aromatic heterocycles. The molecule has 0 unspecified atom stereocenters. The Balaban J connectivity index is 1.53. The number of hydrogen-bond acceptors (Lipinski definition) is 7. The smallest absolute Gasteiger partial charge is 0.117 e. The molecule has 0 amide bonds. The van der Waals surface area contributed by atoms with Crippen molar-refractivity contribution in [2.45, 2.75) is 52.9 Å². The van der Waals surface area contributed by atoms with E-state index in [1.807, 2.05) is 19.2 Å². The molecule has 0 saturated carbocycles. The molecular formula is C24H33N5O2. The summed E-state index contributed by atoms with van der Waals surface area (Å²) in [6, 6.07) is 8.36. The lowest BCUT2D eigenvalue weighted by Crippen LogP contribution is -2.22. The van der Waals surface area contributed by atoms with Crippen molar-refractivity contribution in [2.75, 3.05) is 31.7 Å². The second kappa shape index (κ2) is 11.4. The zero-order chi connectivity index (χ0) is 22.1. The van der Waals surface area contributed by atoms with Crippen LogP contribution in [0.25, 0.3) is 0 Å². The van der Waals surface area contributed by atoms with E-state index in [1.54, 1.807) is 7.11 Å². The van der Waals surface area contributed by atoms with Crippen LogP contribution in [0.3, 0.4) is 0 Å². The molecule has 3 rings (SSSR count). The highest BCUT2D eigenvalue weighted by Gasteiger charge is 2.18. The van der Waals surface area contributed by atoms with Gasteiger partial charge in [0.15, 0.2) is 0 Å². The van der Waals surface area contributed by atoms with E-state index in [-0.39, 0.29) is 0 Å². The summed E-state index contributed by atoms with van der Waals surface area (Å²) in [6.07, 6.45) is 6.55. The maximum atomic E-state index is 5.56. The molecule has 1 aliphatic rings. The van der Waals surface area contributed by atoms with Crippen LogP contribution in [-0.2, 0) is 22.5 Å². The first-order valence-electron chi connectivity index (χ1n) is 11.1. The van der Waals surface area contributed by atoms with Gasteiger partial charge >= 0.3 is 0 Å². The molecule has 166 valence electrons. The Morgan fingerprint density at radius 3 is 2.77 bits per heavy atom. The predicted molar refractivity (Wildman–Crippen MR) is 125 cm³/mol. The molecular weight excluding hydrogens is 390 g/mol. The Morgan fingerprint density at radius 1 is 1.16 bits per heavy atom. The number of rotatable bonds is 10. The molecule has 31 heavy (non-hydrogen) atoms. The fourth-order valence-corrected chi connectivity index (χ4v) is 3.79. The number of nitrogens with zero attached hydrogens (tertiary/aromatic N) is 5. The van der Waals surface area contributed by atoms with E-state index < -0.39 is 0 Å². The van der Waals surface area contributed by atoms with E-state index in [4.69, 9.17) is 14.7 Å². The number of anilines is 1. The third-order valence-electron chi connectivity index (χ3n) is 5.48. The van der Waals surface area contributed by atoms with Crippen LogP contribution >= 0.6 is 0 Å². The first kappa shape index (κ1) is 22.7. The van der Waals surface area contributed by atoms with Crippen LogP contribution in [0, 0.1) is 0 Å². The largest absolute Gasteiger partial charge is 0.399 e. The standard InChI is InChI=1S/C24H33N5O2/c1-5-29(6-2)21-14-15-25-23(17-21)18(3)27-31-16-8-10-20-13-12-19-9-7-11-22(28-30-4)24(19)26-20/h12-15,17H,5-11,16H2,1-4H3/b27-18+,28-22+. The fourth-order valence-electron chi connectivity index (χ4n) is 3.79. The lowest BCUT2D eigenvalue weighted by Gasteiger charge is -2.21. The van der Waals surface area contributed by atoms with Crippen LogP contribution in [-0.4, -0.2) is 48.2 Å². The topological polar surface area (TPSA) is 72.2 Å². The van der Waals surface area contributed by atoms with Gasteiger partial charge in [0.1, 0.15) is 25.1 Å². The van der Waals surface area contributed by atoms with Crippen LogP contribution in [0.1, 0.15) is 62.7 Å². The molecule has 0 radical (unpaired) electrons. The van der Waals surface area contributed by atoms with E-state index in [0.717, 1.165) is 79.4 Å². The first-order valence-corrected chi connectivity index (χ1v) is 11.1. The van der Waals surface area contributed by atoms with Crippen LogP contribution in [0.2, 0.25) is 0 Å². The fraction of sp³-hybridized carbons (Fsp3) is 0.500. The van der Waals surface area contributed by atoms with Gasteiger partial charge < -0.3 is 14.6 Å². The van der Waals surface area contributed by atoms with Gasteiger partial charge in [0.2, 0.25) is 0 Å². The van der Waals surface area contributed by atoms with Gasteiger partial charge in [-0.15, -0.1) is 0 Å². The SMILES string of the molecule is CCN(CC)c1ccnc(/C(C)=N/OCCCc2ccc3c(n2)/C(=N/OC)CCC3)c1. The summed E-state index contributed by atoms with van der Waals surface area (Å²) in [6.45, 7) is 8.68. The Morgan fingerprint density at radius 2 is 2.00 bits per heavy atom. The Kier molecular flexibility index (Phi) is 8.38. The highest BCUT2D eigenvalue weighted by Crippen LogP contribution is 2.21. The van der Waals surface area contributed by atoms with Crippen molar-refractivity contribution in [2.24, 2.45) is 10.3 Å². The van der Waals surface area contributed by atoms with Crippen molar-refractivity contribution < 1.29 is 9.68 Å². The molecule has 0 bridgehead atoms. The quantitative estimate of drug-likeness (QED) is 0.322. The zero-order valence-corrected chi connectivity index (χ0v) is 19.1. The third-order valence-corrected chi connectivity index (χ3v) is 5.48. The molecule has 0 aromatic carbocycles. The van der Waals surface area contributed by atoms with Crippen molar-refractivity contribution >= 4 is 17.1 Å². The van der Waals surface area contributed by atoms with Crippen LogP contribution < -0.4 is 4.90 Å². The van der Waals surface area contributed by atoms with E-state index in [9.17, 15) is 0 Å². The molecule has 2 heterocycles. The van der Waals surface area contributed by atoms with Crippen molar-refractivity contribution in [3.63, 3.8) is 0 Å².